The molecule has 1 fully saturated rings. The Bertz CT molecular complexity index is 1030. The minimum absolute atomic E-state index is 0.0968. The van der Waals surface area contributed by atoms with Gasteiger partial charge in [0.05, 0.1) is 10.6 Å². The van der Waals surface area contributed by atoms with Crippen LogP contribution in [-0.4, -0.2) is 41.9 Å². The van der Waals surface area contributed by atoms with Crippen molar-refractivity contribution < 1.29 is 9.59 Å². The van der Waals surface area contributed by atoms with Crippen LogP contribution in [0.5, 0.6) is 0 Å². The van der Waals surface area contributed by atoms with Gasteiger partial charge in [0.1, 0.15) is 0 Å². The molecular formula is C28H35N3O2S. The Morgan fingerprint density at radius 1 is 1.18 bits per heavy atom. The highest BCUT2D eigenvalue weighted by Crippen LogP contribution is 2.39. The normalized spacial score (nSPS) is 18.4. The number of fused-ring (bicyclic) bond motifs is 1. The first-order valence-electron chi connectivity index (χ1n) is 12.5. The van der Waals surface area contributed by atoms with Gasteiger partial charge in [0.15, 0.2) is 0 Å². The van der Waals surface area contributed by atoms with E-state index in [1.807, 2.05) is 48.5 Å². The molecule has 0 aromatic heterocycles. The van der Waals surface area contributed by atoms with Gasteiger partial charge in [-0.15, -0.1) is 0 Å². The molecular weight excluding hydrogens is 442 g/mol. The SMILES string of the molecule is CCC(C)N(CCNC(=O)c1ccc2c(c1)NC(=O)C(=Cc1ccccc1)S2)C1CCCCC1. The average molecular weight is 478 g/mol. The van der Waals surface area contributed by atoms with E-state index in [4.69, 9.17) is 0 Å². The number of carbonyl (C=O) groups is 2. The highest BCUT2D eigenvalue weighted by atomic mass is 32.2. The summed E-state index contributed by atoms with van der Waals surface area (Å²) in [5.41, 5.74) is 2.25. The third kappa shape index (κ3) is 6.10. The standard InChI is InChI=1S/C28H35N3O2S/c1-3-20(2)31(23-12-8-5-9-13-23)17-16-29-27(32)22-14-15-25-24(19-22)30-28(33)26(34-25)18-21-10-6-4-7-11-21/h4,6-7,10-11,14-15,18-20,23H,3,5,8-9,12-13,16-17H2,1-2H3,(H,29,32)(H,30,33). The van der Waals surface area contributed by atoms with Crippen molar-refractivity contribution in [2.24, 2.45) is 0 Å². The topological polar surface area (TPSA) is 61.4 Å². The molecule has 1 aliphatic carbocycles. The number of nitrogens with zero attached hydrogens (tertiary/aromatic N) is 1. The molecule has 0 radical (unpaired) electrons. The lowest BCUT2D eigenvalue weighted by Gasteiger charge is -2.38. The average Bonchev–Trinajstić information content (AvgIpc) is 2.87. The van der Waals surface area contributed by atoms with Gasteiger partial charge in [-0.2, -0.15) is 0 Å². The first-order valence-corrected chi connectivity index (χ1v) is 13.3. The van der Waals surface area contributed by atoms with Gasteiger partial charge in [0.25, 0.3) is 11.8 Å². The number of benzene rings is 2. The van der Waals surface area contributed by atoms with Gasteiger partial charge >= 0.3 is 0 Å². The molecule has 6 heteroatoms. The molecule has 1 atom stereocenters. The number of thioether (sulfide) groups is 1. The molecule has 34 heavy (non-hydrogen) atoms. The summed E-state index contributed by atoms with van der Waals surface area (Å²) in [5.74, 6) is -0.240. The zero-order valence-corrected chi connectivity index (χ0v) is 21.0. The Morgan fingerprint density at radius 2 is 1.94 bits per heavy atom. The molecule has 2 aliphatic rings. The van der Waals surface area contributed by atoms with Crippen LogP contribution in [0.15, 0.2) is 58.3 Å². The van der Waals surface area contributed by atoms with Crippen molar-refractivity contribution in [1.29, 1.82) is 0 Å². The largest absolute Gasteiger partial charge is 0.351 e. The quantitative estimate of drug-likeness (QED) is 0.462. The minimum atomic E-state index is -0.143. The molecule has 1 unspecified atom stereocenters. The maximum Gasteiger partial charge on any atom is 0.262 e. The smallest absolute Gasteiger partial charge is 0.262 e. The van der Waals surface area contributed by atoms with E-state index in [1.54, 1.807) is 6.07 Å². The Labute approximate surface area is 207 Å². The predicted octanol–water partition coefficient (Wildman–Crippen LogP) is 5.93. The van der Waals surface area contributed by atoms with Crippen molar-refractivity contribution in [2.45, 2.75) is 69.4 Å². The fourth-order valence-electron chi connectivity index (χ4n) is 4.81. The van der Waals surface area contributed by atoms with Gasteiger partial charge in [-0.3, -0.25) is 14.5 Å². The maximum atomic E-state index is 12.9. The molecule has 2 aromatic rings. The van der Waals surface area contributed by atoms with E-state index in [-0.39, 0.29) is 11.8 Å². The van der Waals surface area contributed by atoms with E-state index in [9.17, 15) is 9.59 Å². The molecule has 1 saturated carbocycles. The summed E-state index contributed by atoms with van der Waals surface area (Å²) in [6.45, 7) is 6.03. The summed E-state index contributed by atoms with van der Waals surface area (Å²) in [7, 11) is 0. The van der Waals surface area contributed by atoms with Crippen molar-refractivity contribution in [3.05, 3.63) is 64.6 Å². The summed E-state index contributed by atoms with van der Waals surface area (Å²) in [5, 5.41) is 6.04. The van der Waals surface area contributed by atoms with Crippen LogP contribution in [0.1, 0.15) is 68.3 Å². The number of carbonyl (C=O) groups excluding carboxylic acids is 2. The van der Waals surface area contributed by atoms with Crippen molar-refractivity contribution in [1.82, 2.24) is 10.2 Å². The van der Waals surface area contributed by atoms with Crippen LogP contribution in [0.25, 0.3) is 6.08 Å². The van der Waals surface area contributed by atoms with Crippen LogP contribution in [0.4, 0.5) is 5.69 Å². The van der Waals surface area contributed by atoms with Gasteiger partial charge in [-0.1, -0.05) is 68.3 Å². The third-order valence-corrected chi connectivity index (χ3v) is 7.99. The summed E-state index contributed by atoms with van der Waals surface area (Å²) >= 11 is 1.43. The molecule has 1 heterocycles. The first-order chi connectivity index (χ1) is 16.5. The summed E-state index contributed by atoms with van der Waals surface area (Å²) < 4.78 is 0. The lowest BCUT2D eigenvalue weighted by Crippen LogP contribution is -2.46. The molecule has 5 nitrogen and oxygen atoms in total. The van der Waals surface area contributed by atoms with Crippen LogP contribution in [0.2, 0.25) is 0 Å². The molecule has 2 amide bonds. The van der Waals surface area contributed by atoms with Crippen molar-refractivity contribution >= 4 is 35.3 Å². The summed E-state index contributed by atoms with van der Waals surface area (Å²) in [6, 6.07) is 16.5. The minimum Gasteiger partial charge on any atom is -0.351 e. The zero-order chi connectivity index (χ0) is 23.9. The molecule has 180 valence electrons. The number of hydrogen-bond acceptors (Lipinski definition) is 4. The van der Waals surface area contributed by atoms with E-state index in [0.717, 1.165) is 23.4 Å². The molecule has 1 aliphatic heterocycles. The molecule has 0 spiro atoms. The molecule has 4 rings (SSSR count). The number of nitrogens with one attached hydrogen (secondary N) is 2. The Hall–Kier alpha value is -2.57. The lowest BCUT2D eigenvalue weighted by molar-refractivity contribution is -0.112. The predicted molar refractivity (Wildman–Crippen MR) is 141 cm³/mol. The fourth-order valence-corrected chi connectivity index (χ4v) is 5.74. The Balaban J connectivity index is 1.37. The van der Waals surface area contributed by atoms with Crippen LogP contribution in [-0.2, 0) is 4.79 Å². The first kappa shape index (κ1) is 24.6. The Kier molecular flexibility index (Phi) is 8.46. The van der Waals surface area contributed by atoms with Crippen LogP contribution < -0.4 is 10.6 Å². The number of hydrogen-bond donors (Lipinski definition) is 2. The van der Waals surface area contributed by atoms with Crippen LogP contribution >= 0.6 is 11.8 Å². The molecule has 2 aromatic carbocycles. The van der Waals surface area contributed by atoms with Crippen LogP contribution in [0.3, 0.4) is 0 Å². The molecule has 0 saturated heterocycles. The van der Waals surface area contributed by atoms with E-state index < -0.39 is 0 Å². The molecule has 2 N–H and O–H groups in total. The van der Waals surface area contributed by atoms with Crippen molar-refractivity contribution in [2.75, 3.05) is 18.4 Å². The fraction of sp³-hybridized carbons (Fsp3) is 0.429. The van der Waals surface area contributed by atoms with E-state index in [1.165, 1.54) is 43.9 Å². The van der Waals surface area contributed by atoms with E-state index in [0.29, 0.717) is 34.8 Å². The second kappa shape index (κ2) is 11.7. The van der Waals surface area contributed by atoms with Gasteiger partial charge in [0.2, 0.25) is 0 Å². The highest BCUT2D eigenvalue weighted by Gasteiger charge is 2.25. The number of anilines is 1. The van der Waals surface area contributed by atoms with Gasteiger partial charge in [-0.25, -0.2) is 0 Å². The zero-order valence-electron chi connectivity index (χ0n) is 20.2. The summed E-state index contributed by atoms with van der Waals surface area (Å²) in [4.78, 5) is 29.7. The van der Waals surface area contributed by atoms with Crippen LogP contribution in [0, 0.1) is 0 Å². The number of rotatable bonds is 8. The van der Waals surface area contributed by atoms with Crippen molar-refractivity contribution in [3.8, 4) is 0 Å². The second-order valence-electron chi connectivity index (χ2n) is 9.23. The van der Waals surface area contributed by atoms with E-state index in [2.05, 4.69) is 29.4 Å². The third-order valence-electron chi connectivity index (χ3n) is 6.89. The Morgan fingerprint density at radius 3 is 2.68 bits per heavy atom. The monoisotopic (exact) mass is 477 g/mol. The lowest BCUT2D eigenvalue weighted by atomic mass is 9.93. The van der Waals surface area contributed by atoms with E-state index >= 15 is 0 Å². The summed E-state index contributed by atoms with van der Waals surface area (Å²) in [6.07, 6.45) is 9.50. The number of amides is 2. The maximum absolute atomic E-state index is 12.9. The van der Waals surface area contributed by atoms with Crippen molar-refractivity contribution in [3.63, 3.8) is 0 Å². The second-order valence-corrected chi connectivity index (χ2v) is 10.3. The van der Waals surface area contributed by atoms with Gasteiger partial charge in [-0.05, 0) is 56.0 Å². The molecule has 0 bridgehead atoms. The highest BCUT2D eigenvalue weighted by molar-refractivity contribution is 8.04. The van der Waals surface area contributed by atoms with Gasteiger partial charge in [0, 0.05) is 35.6 Å². The van der Waals surface area contributed by atoms with Gasteiger partial charge < -0.3 is 10.6 Å².